The number of nitrogens with zero attached hydrogens (tertiary/aromatic N) is 2. The number of anilines is 1. The van der Waals surface area contributed by atoms with Gasteiger partial charge < -0.3 is 20.3 Å². The summed E-state index contributed by atoms with van der Waals surface area (Å²) in [5, 5.41) is 7.57. The van der Waals surface area contributed by atoms with Crippen LogP contribution < -0.4 is 10.6 Å². The van der Waals surface area contributed by atoms with Gasteiger partial charge in [-0.3, -0.25) is 14.5 Å². The molecule has 0 atom stereocenters. The zero-order valence-electron chi connectivity index (χ0n) is 17.2. The standard InChI is InChI=1S/C21H30N4O3S/c1-3-24-8-10-25(11-9-24)7-6-22-20(26)17-5-4-16(2)18(14-17)23-21(27)19-15-29-13-12-28-19/h4-5,14-15H,3,6-13H2,1-2H3,(H,22,26)(H,23,27). The average molecular weight is 419 g/mol. The number of likely N-dealkylation sites (N-methyl/N-ethyl adjacent to an activating group) is 1. The number of amides is 2. The number of carbonyl (C=O) groups excluding carboxylic acids is 2. The molecule has 3 rings (SSSR count). The molecule has 0 aromatic heterocycles. The Hall–Kier alpha value is -2.03. The number of piperazine rings is 1. The van der Waals surface area contributed by atoms with Crippen molar-refractivity contribution in [2.75, 3.05) is 63.5 Å². The van der Waals surface area contributed by atoms with Crippen LogP contribution in [0.25, 0.3) is 0 Å². The Labute approximate surface area is 176 Å². The number of aryl methyl sites for hydroxylation is 1. The third-order valence-corrected chi connectivity index (χ3v) is 6.03. The molecule has 2 N–H and O–H groups in total. The average Bonchev–Trinajstić information content (AvgIpc) is 2.76. The van der Waals surface area contributed by atoms with Crippen molar-refractivity contribution in [1.82, 2.24) is 15.1 Å². The third kappa shape index (κ3) is 6.22. The van der Waals surface area contributed by atoms with Crippen LogP contribution >= 0.6 is 11.8 Å². The van der Waals surface area contributed by atoms with Crippen LogP contribution in [0.5, 0.6) is 0 Å². The highest BCUT2D eigenvalue weighted by Crippen LogP contribution is 2.20. The minimum absolute atomic E-state index is 0.128. The molecule has 158 valence electrons. The molecule has 7 nitrogen and oxygen atoms in total. The number of rotatable bonds is 7. The van der Waals surface area contributed by atoms with Crippen LogP contribution in [0.2, 0.25) is 0 Å². The van der Waals surface area contributed by atoms with Gasteiger partial charge in [-0.25, -0.2) is 0 Å². The molecule has 0 saturated carbocycles. The Kier molecular flexibility index (Phi) is 7.97. The van der Waals surface area contributed by atoms with Crippen molar-refractivity contribution in [1.29, 1.82) is 0 Å². The van der Waals surface area contributed by atoms with Gasteiger partial charge >= 0.3 is 0 Å². The largest absolute Gasteiger partial charge is 0.487 e. The van der Waals surface area contributed by atoms with Crippen LogP contribution in [0.15, 0.2) is 29.4 Å². The molecule has 1 aromatic rings. The molecular weight excluding hydrogens is 388 g/mol. The van der Waals surface area contributed by atoms with Crippen molar-refractivity contribution in [3.05, 3.63) is 40.5 Å². The van der Waals surface area contributed by atoms with E-state index in [-0.39, 0.29) is 11.8 Å². The maximum Gasteiger partial charge on any atom is 0.291 e. The number of thioether (sulfide) groups is 1. The van der Waals surface area contributed by atoms with E-state index in [1.807, 2.05) is 13.0 Å². The van der Waals surface area contributed by atoms with Crippen LogP contribution in [-0.4, -0.2) is 79.8 Å². The highest BCUT2D eigenvalue weighted by atomic mass is 32.2. The Morgan fingerprint density at radius 1 is 1.14 bits per heavy atom. The fourth-order valence-corrected chi connectivity index (χ4v) is 3.95. The summed E-state index contributed by atoms with van der Waals surface area (Å²) in [6.07, 6.45) is 0. The topological polar surface area (TPSA) is 73.9 Å². The number of nitrogens with one attached hydrogen (secondary N) is 2. The minimum Gasteiger partial charge on any atom is -0.487 e. The predicted molar refractivity (Wildman–Crippen MR) is 117 cm³/mol. The fourth-order valence-electron chi connectivity index (χ4n) is 3.33. The fraction of sp³-hybridized carbons (Fsp3) is 0.524. The van der Waals surface area contributed by atoms with Crippen molar-refractivity contribution in [2.24, 2.45) is 0 Å². The summed E-state index contributed by atoms with van der Waals surface area (Å²) < 4.78 is 5.40. The Morgan fingerprint density at radius 2 is 1.90 bits per heavy atom. The SMILES string of the molecule is CCN1CCN(CCNC(=O)c2ccc(C)c(NC(=O)C3=CSCCO3)c2)CC1. The van der Waals surface area contributed by atoms with Gasteiger partial charge in [0.15, 0.2) is 5.76 Å². The first kappa shape index (κ1) is 21.7. The molecule has 0 radical (unpaired) electrons. The number of ether oxygens (including phenoxy) is 1. The van der Waals surface area contributed by atoms with E-state index in [4.69, 9.17) is 4.74 Å². The van der Waals surface area contributed by atoms with E-state index in [9.17, 15) is 9.59 Å². The van der Waals surface area contributed by atoms with Gasteiger partial charge in [0.1, 0.15) is 0 Å². The molecule has 0 aliphatic carbocycles. The molecule has 2 aliphatic heterocycles. The molecule has 0 spiro atoms. The summed E-state index contributed by atoms with van der Waals surface area (Å²) in [4.78, 5) is 29.7. The molecule has 29 heavy (non-hydrogen) atoms. The van der Waals surface area contributed by atoms with Gasteiger partial charge in [-0.1, -0.05) is 13.0 Å². The second-order valence-electron chi connectivity index (χ2n) is 7.22. The predicted octanol–water partition coefficient (Wildman–Crippen LogP) is 1.91. The van der Waals surface area contributed by atoms with Crippen molar-refractivity contribution >= 4 is 29.3 Å². The second-order valence-corrected chi connectivity index (χ2v) is 8.19. The maximum atomic E-state index is 12.5. The molecule has 1 saturated heterocycles. The zero-order chi connectivity index (χ0) is 20.6. The van der Waals surface area contributed by atoms with E-state index < -0.39 is 0 Å². The van der Waals surface area contributed by atoms with Gasteiger partial charge in [0.2, 0.25) is 0 Å². The summed E-state index contributed by atoms with van der Waals surface area (Å²) in [5.74, 6) is 0.749. The normalized spacial score (nSPS) is 17.9. The lowest BCUT2D eigenvalue weighted by Gasteiger charge is -2.33. The number of hydrogen-bond acceptors (Lipinski definition) is 6. The van der Waals surface area contributed by atoms with Gasteiger partial charge in [-0.15, -0.1) is 11.8 Å². The van der Waals surface area contributed by atoms with Gasteiger partial charge in [0, 0.05) is 61.7 Å². The van der Waals surface area contributed by atoms with E-state index in [0.29, 0.717) is 30.2 Å². The Morgan fingerprint density at radius 3 is 2.59 bits per heavy atom. The van der Waals surface area contributed by atoms with Gasteiger partial charge in [0.25, 0.3) is 11.8 Å². The van der Waals surface area contributed by atoms with Crippen LogP contribution in [0.3, 0.4) is 0 Å². The van der Waals surface area contributed by atoms with E-state index in [1.165, 1.54) is 0 Å². The Balaban J connectivity index is 1.51. The van der Waals surface area contributed by atoms with E-state index in [0.717, 1.165) is 50.6 Å². The van der Waals surface area contributed by atoms with Crippen molar-refractivity contribution in [3.8, 4) is 0 Å². The number of hydrogen-bond donors (Lipinski definition) is 2. The highest BCUT2D eigenvalue weighted by Gasteiger charge is 2.17. The lowest BCUT2D eigenvalue weighted by atomic mass is 10.1. The van der Waals surface area contributed by atoms with Crippen LogP contribution in [0.4, 0.5) is 5.69 Å². The molecule has 2 amide bonds. The number of benzene rings is 1. The van der Waals surface area contributed by atoms with Crippen molar-refractivity contribution in [2.45, 2.75) is 13.8 Å². The first-order valence-corrected chi connectivity index (χ1v) is 11.2. The molecular formula is C21H30N4O3S. The Bertz CT molecular complexity index is 760. The van der Waals surface area contributed by atoms with E-state index in [2.05, 4.69) is 27.4 Å². The lowest BCUT2D eigenvalue weighted by Crippen LogP contribution is -2.48. The molecule has 2 heterocycles. The highest BCUT2D eigenvalue weighted by molar-refractivity contribution is 8.02. The second kappa shape index (κ2) is 10.7. The number of carbonyl (C=O) groups is 2. The van der Waals surface area contributed by atoms with Crippen LogP contribution in [0, 0.1) is 6.92 Å². The lowest BCUT2D eigenvalue weighted by molar-refractivity contribution is -0.116. The van der Waals surface area contributed by atoms with E-state index in [1.54, 1.807) is 29.3 Å². The van der Waals surface area contributed by atoms with Gasteiger partial charge in [-0.05, 0) is 31.2 Å². The summed E-state index contributed by atoms with van der Waals surface area (Å²) >= 11 is 1.56. The smallest absolute Gasteiger partial charge is 0.291 e. The summed E-state index contributed by atoms with van der Waals surface area (Å²) in [6.45, 7) is 11.4. The quantitative estimate of drug-likeness (QED) is 0.705. The summed E-state index contributed by atoms with van der Waals surface area (Å²) in [7, 11) is 0. The monoisotopic (exact) mass is 418 g/mol. The molecule has 1 fully saturated rings. The van der Waals surface area contributed by atoms with Crippen LogP contribution in [-0.2, 0) is 9.53 Å². The van der Waals surface area contributed by atoms with Crippen LogP contribution in [0.1, 0.15) is 22.8 Å². The first-order valence-electron chi connectivity index (χ1n) is 10.2. The zero-order valence-corrected chi connectivity index (χ0v) is 18.0. The first-order chi connectivity index (χ1) is 14.1. The van der Waals surface area contributed by atoms with E-state index >= 15 is 0 Å². The molecule has 0 bridgehead atoms. The van der Waals surface area contributed by atoms with Crippen molar-refractivity contribution in [3.63, 3.8) is 0 Å². The molecule has 1 aromatic carbocycles. The van der Waals surface area contributed by atoms with Gasteiger partial charge in [-0.2, -0.15) is 0 Å². The van der Waals surface area contributed by atoms with Gasteiger partial charge in [0.05, 0.1) is 6.61 Å². The summed E-state index contributed by atoms with van der Waals surface area (Å²) in [5.41, 5.74) is 2.06. The van der Waals surface area contributed by atoms with Crippen molar-refractivity contribution < 1.29 is 14.3 Å². The maximum absolute atomic E-state index is 12.5. The molecule has 2 aliphatic rings. The molecule has 8 heteroatoms. The summed E-state index contributed by atoms with van der Waals surface area (Å²) in [6, 6.07) is 5.35. The molecule has 0 unspecified atom stereocenters. The minimum atomic E-state index is -0.288. The third-order valence-electron chi connectivity index (χ3n) is 5.25.